The number of esters is 1. The van der Waals surface area contributed by atoms with Gasteiger partial charge in [-0.2, -0.15) is 0 Å². The van der Waals surface area contributed by atoms with Crippen LogP contribution >= 0.6 is 0 Å². The summed E-state index contributed by atoms with van der Waals surface area (Å²) >= 11 is 0. The van der Waals surface area contributed by atoms with Crippen molar-refractivity contribution in [3.05, 3.63) is 0 Å². The first-order valence-electron chi connectivity index (χ1n) is 5.96. The summed E-state index contributed by atoms with van der Waals surface area (Å²) in [5.41, 5.74) is -0.680. The number of halogens is 1. The quantitative estimate of drug-likeness (QED) is 0.676. The van der Waals surface area contributed by atoms with Crippen molar-refractivity contribution in [1.29, 1.82) is 0 Å². The Hall–Kier alpha value is -1.33. The van der Waals surface area contributed by atoms with E-state index in [1.807, 2.05) is 0 Å². The summed E-state index contributed by atoms with van der Waals surface area (Å²) in [7, 11) is 1.25. The third-order valence-corrected chi connectivity index (χ3v) is 2.63. The second-order valence-corrected chi connectivity index (χ2v) is 5.35. The van der Waals surface area contributed by atoms with Gasteiger partial charge < -0.3 is 9.47 Å². The van der Waals surface area contributed by atoms with Crippen LogP contribution in [-0.4, -0.2) is 48.4 Å². The van der Waals surface area contributed by atoms with Crippen LogP contribution in [0.2, 0.25) is 0 Å². The summed E-state index contributed by atoms with van der Waals surface area (Å²) < 4.78 is 23.2. The average molecular weight is 261 g/mol. The minimum Gasteiger partial charge on any atom is -0.467 e. The van der Waals surface area contributed by atoms with Crippen LogP contribution in [0.15, 0.2) is 0 Å². The Morgan fingerprint density at radius 1 is 1.28 bits per heavy atom. The molecular weight excluding hydrogens is 241 g/mol. The van der Waals surface area contributed by atoms with Gasteiger partial charge in [0.25, 0.3) is 0 Å². The van der Waals surface area contributed by atoms with Gasteiger partial charge in [-0.1, -0.05) is 0 Å². The van der Waals surface area contributed by atoms with Crippen molar-refractivity contribution in [2.45, 2.75) is 51.4 Å². The van der Waals surface area contributed by atoms with Gasteiger partial charge >= 0.3 is 12.1 Å². The van der Waals surface area contributed by atoms with E-state index in [1.54, 1.807) is 20.8 Å². The molecule has 1 rings (SSSR count). The Kier molecular flexibility index (Phi) is 4.53. The number of carbonyl (C=O) groups excluding carboxylic acids is 2. The molecule has 0 bridgehead atoms. The highest BCUT2D eigenvalue weighted by molar-refractivity contribution is 5.81. The number of methoxy groups -OCH3 is 1. The summed E-state index contributed by atoms with van der Waals surface area (Å²) in [6, 6.07) is -0.753. The van der Waals surface area contributed by atoms with Gasteiger partial charge in [0.1, 0.15) is 17.8 Å². The molecule has 1 saturated heterocycles. The normalized spacial score (nSPS) is 24.6. The average Bonchev–Trinajstić information content (AvgIpc) is 2.25. The largest absolute Gasteiger partial charge is 0.467 e. The molecule has 18 heavy (non-hydrogen) atoms. The molecule has 1 heterocycles. The Bertz CT molecular complexity index is 327. The number of likely N-dealkylation sites (tertiary alicyclic amines) is 1. The van der Waals surface area contributed by atoms with E-state index in [4.69, 9.17) is 4.74 Å². The van der Waals surface area contributed by atoms with Crippen LogP contribution in [0.3, 0.4) is 0 Å². The lowest BCUT2D eigenvalue weighted by atomic mass is 10.0. The highest BCUT2D eigenvalue weighted by Crippen LogP contribution is 2.23. The summed E-state index contributed by atoms with van der Waals surface area (Å²) in [5.74, 6) is -0.534. The molecule has 0 aliphatic carbocycles. The number of amides is 1. The van der Waals surface area contributed by atoms with Crippen LogP contribution in [-0.2, 0) is 14.3 Å². The number of ether oxygens (including phenoxy) is 2. The molecule has 0 saturated carbocycles. The van der Waals surface area contributed by atoms with Crippen LogP contribution in [0.25, 0.3) is 0 Å². The molecule has 1 aliphatic heterocycles. The molecular formula is C12H20FNO4. The Morgan fingerprint density at radius 3 is 2.39 bits per heavy atom. The van der Waals surface area contributed by atoms with Gasteiger partial charge in [-0.05, 0) is 33.6 Å². The third-order valence-electron chi connectivity index (χ3n) is 2.63. The second-order valence-electron chi connectivity index (χ2n) is 5.35. The van der Waals surface area contributed by atoms with Crippen LogP contribution in [0, 0.1) is 0 Å². The molecule has 0 aromatic carbocycles. The van der Waals surface area contributed by atoms with Gasteiger partial charge in [0.05, 0.1) is 13.7 Å². The number of alkyl halides is 1. The maximum absolute atomic E-state index is 13.4. The zero-order valence-electron chi connectivity index (χ0n) is 11.2. The maximum Gasteiger partial charge on any atom is 0.411 e. The van der Waals surface area contributed by atoms with Crippen LogP contribution in [0.1, 0.15) is 33.6 Å². The minimum absolute atomic E-state index is 0.130. The third kappa shape index (κ3) is 3.85. The van der Waals surface area contributed by atoms with Gasteiger partial charge in [-0.3, -0.25) is 4.90 Å². The predicted molar refractivity (Wildman–Crippen MR) is 62.9 cm³/mol. The SMILES string of the molecule is COC(=O)[C@@H]1CC[C@@H](F)CN1C(=O)OC(C)(C)C. The van der Waals surface area contributed by atoms with Crippen molar-refractivity contribution in [2.24, 2.45) is 0 Å². The Labute approximate surface area is 106 Å². The first kappa shape index (κ1) is 14.7. The number of nitrogens with zero attached hydrogens (tertiary/aromatic N) is 1. The maximum atomic E-state index is 13.4. The van der Waals surface area contributed by atoms with E-state index < -0.39 is 29.9 Å². The molecule has 0 radical (unpaired) electrons. The standard InChI is InChI=1S/C12H20FNO4/c1-12(2,3)18-11(16)14-7-8(13)5-6-9(14)10(15)17-4/h8-9H,5-7H2,1-4H3/t8-,9+/m1/s1. The van der Waals surface area contributed by atoms with E-state index in [0.29, 0.717) is 0 Å². The van der Waals surface area contributed by atoms with Gasteiger partial charge in [0.15, 0.2) is 0 Å². The zero-order chi connectivity index (χ0) is 13.9. The second kappa shape index (κ2) is 5.54. The molecule has 0 unspecified atom stereocenters. The summed E-state index contributed by atoms with van der Waals surface area (Å²) in [6.07, 6.45) is -1.30. The molecule has 5 nitrogen and oxygen atoms in total. The molecule has 0 spiro atoms. The fourth-order valence-corrected chi connectivity index (χ4v) is 1.83. The Morgan fingerprint density at radius 2 is 1.89 bits per heavy atom. The van der Waals surface area contributed by atoms with E-state index in [2.05, 4.69) is 4.74 Å². The van der Waals surface area contributed by atoms with Gasteiger partial charge in [-0.25, -0.2) is 14.0 Å². The van der Waals surface area contributed by atoms with Gasteiger partial charge in [0.2, 0.25) is 0 Å². The molecule has 0 N–H and O–H groups in total. The van der Waals surface area contributed by atoms with Crippen molar-refractivity contribution in [2.75, 3.05) is 13.7 Å². The highest BCUT2D eigenvalue weighted by Gasteiger charge is 2.38. The fourth-order valence-electron chi connectivity index (χ4n) is 1.83. The predicted octanol–water partition coefficient (Wildman–Crippen LogP) is 1.90. The molecule has 1 aliphatic rings. The number of hydrogen-bond donors (Lipinski definition) is 0. The molecule has 0 aromatic heterocycles. The van der Waals surface area contributed by atoms with Crippen molar-refractivity contribution >= 4 is 12.1 Å². The van der Waals surface area contributed by atoms with E-state index in [0.717, 1.165) is 4.90 Å². The van der Waals surface area contributed by atoms with Crippen molar-refractivity contribution in [1.82, 2.24) is 4.90 Å². The van der Waals surface area contributed by atoms with E-state index >= 15 is 0 Å². The lowest BCUT2D eigenvalue weighted by Crippen LogP contribution is -2.53. The van der Waals surface area contributed by atoms with Crippen LogP contribution in [0.5, 0.6) is 0 Å². The van der Waals surface area contributed by atoms with E-state index in [1.165, 1.54) is 7.11 Å². The first-order chi connectivity index (χ1) is 8.24. The minimum atomic E-state index is -1.13. The zero-order valence-corrected chi connectivity index (χ0v) is 11.2. The van der Waals surface area contributed by atoms with Gasteiger partial charge in [-0.15, -0.1) is 0 Å². The lowest BCUT2D eigenvalue weighted by Gasteiger charge is -2.36. The summed E-state index contributed by atoms with van der Waals surface area (Å²) in [5, 5.41) is 0. The lowest BCUT2D eigenvalue weighted by molar-refractivity contribution is -0.148. The monoisotopic (exact) mass is 261 g/mol. The van der Waals surface area contributed by atoms with Crippen molar-refractivity contribution in [3.63, 3.8) is 0 Å². The van der Waals surface area contributed by atoms with Crippen LogP contribution < -0.4 is 0 Å². The van der Waals surface area contributed by atoms with Gasteiger partial charge in [0, 0.05) is 0 Å². The smallest absolute Gasteiger partial charge is 0.411 e. The molecule has 2 atom stereocenters. The molecule has 0 aromatic rings. The van der Waals surface area contributed by atoms with Crippen LogP contribution in [0.4, 0.5) is 9.18 Å². The number of rotatable bonds is 1. The number of piperidine rings is 1. The first-order valence-corrected chi connectivity index (χ1v) is 5.96. The Balaban J connectivity index is 2.78. The van der Waals surface area contributed by atoms with Crippen molar-refractivity contribution < 1.29 is 23.5 Å². The molecule has 1 fully saturated rings. The van der Waals surface area contributed by atoms with Crippen molar-refractivity contribution in [3.8, 4) is 0 Å². The summed E-state index contributed by atoms with van der Waals surface area (Å²) in [4.78, 5) is 24.6. The van der Waals surface area contributed by atoms with E-state index in [9.17, 15) is 14.0 Å². The fraction of sp³-hybridized carbons (Fsp3) is 0.833. The molecule has 104 valence electrons. The molecule has 1 amide bonds. The van der Waals surface area contributed by atoms with E-state index in [-0.39, 0.29) is 19.4 Å². The summed E-state index contributed by atoms with van der Waals surface area (Å²) in [6.45, 7) is 5.02. The highest BCUT2D eigenvalue weighted by atomic mass is 19.1. The molecule has 6 heteroatoms. The number of carbonyl (C=O) groups is 2. The number of hydrogen-bond acceptors (Lipinski definition) is 4. The topological polar surface area (TPSA) is 55.8 Å².